The van der Waals surface area contributed by atoms with Crippen LogP contribution < -0.4 is 10.2 Å². The molecule has 3 heteroatoms. The predicted molar refractivity (Wildman–Crippen MR) is 82.9 cm³/mol. The van der Waals surface area contributed by atoms with Gasteiger partial charge in [0.2, 0.25) is 0 Å². The van der Waals surface area contributed by atoms with Gasteiger partial charge in [0.05, 0.1) is 0 Å². The van der Waals surface area contributed by atoms with Crippen molar-refractivity contribution in [1.82, 2.24) is 10.2 Å². The largest absolute Gasteiger partial charge is 0.369 e. The molecule has 1 heterocycles. The van der Waals surface area contributed by atoms with E-state index in [1.54, 1.807) is 0 Å². The van der Waals surface area contributed by atoms with Gasteiger partial charge in [0.15, 0.2) is 0 Å². The molecule has 3 nitrogen and oxygen atoms in total. The lowest BCUT2D eigenvalue weighted by molar-refractivity contribution is 0.254. The van der Waals surface area contributed by atoms with E-state index < -0.39 is 0 Å². The van der Waals surface area contributed by atoms with Crippen molar-refractivity contribution < 1.29 is 0 Å². The van der Waals surface area contributed by atoms with Gasteiger partial charge in [-0.25, -0.2) is 0 Å². The van der Waals surface area contributed by atoms with Crippen LogP contribution in [0.2, 0.25) is 0 Å². The fraction of sp³-hybridized carbons (Fsp3) is 0.625. The van der Waals surface area contributed by atoms with Crippen LogP contribution in [-0.4, -0.2) is 50.7 Å². The first-order valence-electron chi connectivity index (χ1n) is 7.63. The Hall–Kier alpha value is -1.06. The molecular formula is C16H27N3. The van der Waals surface area contributed by atoms with E-state index in [9.17, 15) is 0 Å². The zero-order chi connectivity index (χ0) is 13.3. The van der Waals surface area contributed by atoms with Crippen molar-refractivity contribution in [3.63, 3.8) is 0 Å². The second-order valence-corrected chi connectivity index (χ2v) is 5.27. The van der Waals surface area contributed by atoms with Crippen molar-refractivity contribution in [3.05, 3.63) is 30.3 Å². The van der Waals surface area contributed by atoms with Gasteiger partial charge in [0, 0.05) is 31.9 Å². The molecule has 1 fully saturated rings. The normalized spacial score (nSPS) is 16.8. The van der Waals surface area contributed by atoms with Gasteiger partial charge in [0.25, 0.3) is 0 Å². The minimum Gasteiger partial charge on any atom is -0.369 e. The van der Waals surface area contributed by atoms with Crippen LogP contribution >= 0.6 is 0 Å². The highest BCUT2D eigenvalue weighted by atomic mass is 15.3. The van der Waals surface area contributed by atoms with Crippen molar-refractivity contribution >= 4 is 5.69 Å². The quantitative estimate of drug-likeness (QED) is 0.759. The smallest absolute Gasteiger partial charge is 0.0367 e. The molecule has 0 unspecified atom stereocenters. The van der Waals surface area contributed by atoms with Gasteiger partial charge in [-0.2, -0.15) is 0 Å². The highest BCUT2D eigenvalue weighted by molar-refractivity contribution is 5.46. The van der Waals surface area contributed by atoms with Gasteiger partial charge in [-0.1, -0.05) is 25.1 Å². The standard InChI is InChI=1S/C16H27N3/c1-2-9-17-10-6-11-18-12-14-19(15-13-18)16-7-4-3-5-8-16/h3-5,7-8,17H,2,6,9-15H2,1H3. The third kappa shape index (κ3) is 4.84. The fourth-order valence-corrected chi connectivity index (χ4v) is 2.60. The second kappa shape index (κ2) is 8.18. The summed E-state index contributed by atoms with van der Waals surface area (Å²) in [6.45, 7) is 10.5. The van der Waals surface area contributed by atoms with E-state index in [0.29, 0.717) is 0 Å². The number of nitrogens with one attached hydrogen (secondary N) is 1. The van der Waals surface area contributed by atoms with Crippen LogP contribution in [0.5, 0.6) is 0 Å². The summed E-state index contributed by atoms with van der Waals surface area (Å²) >= 11 is 0. The summed E-state index contributed by atoms with van der Waals surface area (Å²) in [5.74, 6) is 0. The summed E-state index contributed by atoms with van der Waals surface area (Å²) in [6, 6.07) is 10.8. The van der Waals surface area contributed by atoms with Crippen LogP contribution in [0.15, 0.2) is 30.3 Å². The molecule has 1 N–H and O–H groups in total. The summed E-state index contributed by atoms with van der Waals surface area (Å²) in [4.78, 5) is 5.08. The molecule has 1 aromatic carbocycles. The molecule has 0 radical (unpaired) electrons. The maximum Gasteiger partial charge on any atom is 0.0367 e. The first kappa shape index (κ1) is 14.4. The number of hydrogen-bond acceptors (Lipinski definition) is 3. The Morgan fingerprint density at radius 3 is 2.42 bits per heavy atom. The molecule has 0 saturated carbocycles. The van der Waals surface area contributed by atoms with Crippen molar-refractivity contribution in [3.8, 4) is 0 Å². The minimum atomic E-state index is 1.15. The van der Waals surface area contributed by atoms with Gasteiger partial charge < -0.3 is 10.2 Å². The van der Waals surface area contributed by atoms with Crippen molar-refractivity contribution in [2.24, 2.45) is 0 Å². The van der Waals surface area contributed by atoms with E-state index in [0.717, 1.165) is 26.2 Å². The Balaban J connectivity index is 1.63. The molecular weight excluding hydrogens is 234 g/mol. The maximum atomic E-state index is 3.47. The molecule has 0 bridgehead atoms. The van der Waals surface area contributed by atoms with Crippen LogP contribution in [0.4, 0.5) is 5.69 Å². The summed E-state index contributed by atoms with van der Waals surface area (Å²) in [7, 11) is 0. The molecule has 0 aromatic heterocycles. The van der Waals surface area contributed by atoms with Crippen molar-refractivity contribution in [1.29, 1.82) is 0 Å². The molecule has 1 aromatic rings. The Morgan fingerprint density at radius 1 is 1.00 bits per heavy atom. The van der Waals surface area contributed by atoms with Gasteiger partial charge in [-0.3, -0.25) is 4.90 Å². The van der Waals surface area contributed by atoms with Crippen molar-refractivity contribution in [2.45, 2.75) is 19.8 Å². The first-order chi connectivity index (χ1) is 9.40. The molecule has 106 valence electrons. The predicted octanol–water partition coefficient (Wildman–Crippen LogP) is 2.20. The number of hydrogen-bond donors (Lipinski definition) is 1. The lowest BCUT2D eigenvalue weighted by atomic mass is 10.2. The monoisotopic (exact) mass is 261 g/mol. The van der Waals surface area contributed by atoms with Gasteiger partial charge in [-0.05, 0) is 44.6 Å². The zero-order valence-corrected chi connectivity index (χ0v) is 12.1. The van der Waals surface area contributed by atoms with E-state index >= 15 is 0 Å². The summed E-state index contributed by atoms with van der Waals surface area (Å²) in [5, 5.41) is 3.47. The van der Waals surface area contributed by atoms with E-state index in [1.807, 2.05) is 0 Å². The van der Waals surface area contributed by atoms with E-state index in [4.69, 9.17) is 0 Å². The number of piperazine rings is 1. The fourth-order valence-electron chi connectivity index (χ4n) is 2.60. The average Bonchev–Trinajstić information content (AvgIpc) is 2.49. The molecule has 1 aliphatic rings. The van der Waals surface area contributed by atoms with Crippen LogP contribution in [-0.2, 0) is 0 Å². The SMILES string of the molecule is CCCNCCCN1CCN(c2ccccc2)CC1. The number of anilines is 1. The first-order valence-corrected chi connectivity index (χ1v) is 7.63. The van der Waals surface area contributed by atoms with Gasteiger partial charge in [0.1, 0.15) is 0 Å². The van der Waals surface area contributed by atoms with Crippen LogP contribution in [0.1, 0.15) is 19.8 Å². The Morgan fingerprint density at radius 2 is 1.74 bits per heavy atom. The second-order valence-electron chi connectivity index (χ2n) is 5.27. The van der Waals surface area contributed by atoms with Crippen LogP contribution in [0, 0.1) is 0 Å². The average molecular weight is 261 g/mol. The summed E-state index contributed by atoms with van der Waals surface area (Å²) in [5.41, 5.74) is 1.37. The zero-order valence-electron chi connectivity index (χ0n) is 12.1. The van der Waals surface area contributed by atoms with Gasteiger partial charge >= 0.3 is 0 Å². The summed E-state index contributed by atoms with van der Waals surface area (Å²) < 4.78 is 0. The third-order valence-corrected chi connectivity index (χ3v) is 3.75. The molecule has 0 atom stereocenters. The van der Waals surface area contributed by atoms with Crippen LogP contribution in [0.3, 0.4) is 0 Å². The van der Waals surface area contributed by atoms with E-state index in [-0.39, 0.29) is 0 Å². The topological polar surface area (TPSA) is 18.5 Å². The third-order valence-electron chi connectivity index (χ3n) is 3.75. The number of nitrogens with zero attached hydrogens (tertiary/aromatic N) is 2. The van der Waals surface area contributed by atoms with Gasteiger partial charge in [-0.15, -0.1) is 0 Å². The Bertz CT molecular complexity index is 331. The highest BCUT2D eigenvalue weighted by Gasteiger charge is 2.16. The minimum absolute atomic E-state index is 1.15. The lowest BCUT2D eigenvalue weighted by Gasteiger charge is -2.36. The molecule has 1 aliphatic heterocycles. The Kier molecular flexibility index (Phi) is 6.18. The lowest BCUT2D eigenvalue weighted by Crippen LogP contribution is -2.47. The molecule has 0 aliphatic carbocycles. The Labute approximate surface area is 117 Å². The molecule has 0 spiro atoms. The highest BCUT2D eigenvalue weighted by Crippen LogP contribution is 2.15. The number of benzene rings is 1. The number of para-hydroxylation sites is 1. The maximum absolute atomic E-state index is 3.47. The van der Waals surface area contributed by atoms with Crippen LogP contribution in [0.25, 0.3) is 0 Å². The number of rotatable bonds is 7. The summed E-state index contributed by atoms with van der Waals surface area (Å²) in [6.07, 6.45) is 2.50. The molecule has 0 amide bonds. The van der Waals surface area contributed by atoms with E-state index in [1.165, 1.54) is 38.2 Å². The molecule has 19 heavy (non-hydrogen) atoms. The molecule has 2 rings (SSSR count). The molecule has 1 saturated heterocycles. The van der Waals surface area contributed by atoms with Crippen molar-refractivity contribution in [2.75, 3.05) is 50.7 Å². The van der Waals surface area contributed by atoms with E-state index in [2.05, 4.69) is 52.4 Å².